The van der Waals surface area contributed by atoms with Crippen LogP contribution in [0.15, 0.2) is 24.3 Å². The van der Waals surface area contributed by atoms with Gasteiger partial charge in [0.2, 0.25) is 0 Å². The van der Waals surface area contributed by atoms with E-state index in [1.54, 1.807) is 0 Å². The van der Waals surface area contributed by atoms with Gasteiger partial charge < -0.3 is 5.11 Å². The summed E-state index contributed by atoms with van der Waals surface area (Å²) in [6.45, 7) is 11.8. The Morgan fingerprint density at radius 3 is 2.24 bits per heavy atom. The van der Waals surface area contributed by atoms with Crippen LogP contribution in [-0.4, -0.2) is 11.2 Å². The third-order valence-electron chi connectivity index (χ3n) is 7.64. The molecule has 140 valence electrons. The van der Waals surface area contributed by atoms with Gasteiger partial charge >= 0.3 is 0 Å². The molecule has 1 heteroatoms. The first-order valence-corrected chi connectivity index (χ1v) is 10.6. The Morgan fingerprint density at radius 1 is 1.00 bits per heavy atom. The van der Waals surface area contributed by atoms with E-state index in [0.29, 0.717) is 17.3 Å². The molecular weight excluding hydrogens is 304 g/mol. The number of hydrogen-bond donors (Lipinski definition) is 1. The van der Waals surface area contributed by atoms with Crippen molar-refractivity contribution in [2.75, 3.05) is 0 Å². The molecule has 0 aliphatic heterocycles. The van der Waals surface area contributed by atoms with Crippen LogP contribution in [0.25, 0.3) is 0 Å². The molecule has 2 bridgehead atoms. The summed E-state index contributed by atoms with van der Waals surface area (Å²) in [5, 5.41) is 10.5. The van der Waals surface area contributed by atoms with Crippen molar-refractivity contribution in [3.63, 3.8) is 0 Å². The maximum atomic E-state index is 10.5. The van der Waals surface area contributed by atoms with Crippen molar-refractivity contribution in [2.45, 2.75) is 97.0 Å². The van der Waals surface area contributed by atoms with E-state index in [1.165, 1.54) is 49.7 Å². The first-order valence-electron chi connectivity index (χ1n) is 10.6. The Morgan fingerprint density at radius 2 is 1.68 bits per heavy atom. The van der Waals surface area contributed by atoms with Gasteiger partial charge in [-0.3, -0.25) is 0 Å². The van der Waals surface area contributed by atoms with E-state index in [-0.39, 0.29) is 11.5 Å². The van der Waals surface area contributed by atoms with Gasteiger partial charge in [-0.15, -0.1) is 0 Å². The van der Waals surface area contributed by atoms with Crippen LogP contribution in [0.2, 0.25) is 0 Å². The molecule has 4 rings (SSSR count). The number of aliphatic hydroxyl groups excluding tert-OH is 1. The minimum atomic E-state index is -0.111. The monoisotopic (exact) mass is 342 g/mol. The van der Waals surface area contributed by atoms with Crippen molar-refractivity contribution in [2.24, 2.45) is 17.3 Å². The van der Waals surface area contributed by atoms with E-state index in [4.69, 9.17) is 0 Å². The highest BCUT2D eigenvalue weighted by Gasteiger charge is 2.58. The summed E-state index contributed by atoms with van der Waals surface area (Å²) in [7, 11) is 0. The quantitative estimate of drug-likeness (QED) is 0.565. The molecule has 3 aliphatic rings. The SMILES string of the molecule is CCCCCCC(C)(C)c1ccc(C2CC(O)C3CC2C3(C)C)cc1. The fourth-order valence-corrected chi connectivity index (χ4v) is 5.61. The predicted molar refractivity (Wildman–Crippen MR) is 107 cm³/mol. The van der Waals surface area contributed by atoms with E-state index in [2.05, 4.69) is 58.9 Å². The average molecular weight is 343 g/mol. The maximum Gasteiger partial charge on any atom is 0.0579 e. The van der Waals surface area contributed by atoms with E-state index < -0.39 is 0 Å². The average Bonchev–Trinajstić information content (AvgIpc) is 2.58. The predicted octanol–water partition coefficient (Wildman–Crippen LogP) is 6.45. The van der Waals surface area contributed by atoms with Crippen LogP contribution in [0.5, 0.6) is 0 Å². The Balaban J connectivity index is 1.68. The Labute approximate surface area is 155 Å². The van der Waals surface area contributed by atoms with Crippen LogP contribution in [0.4, 0.5) is 0 Å². The third kappa shape index (κ3) is 3.54. The molecule has 4 unspecified atom stereocenters. The van der Waals surface area contributed by atoms with Crippen molar-refractivity contribution < 1.29 is 5.11 Å². The molecule has 1 nitrogen and oxygen atoms in total. The van der Waals surface area contributed by atoms with Gasteiger partial charge in [0.1, 0.15) is 0 Å². The normalized spacial score (nSPS) is 30.8. The lowest BCUT2D eigenvalue weighted by atomic mass is 9.44. The van der Waals surface area contributed by atoms with Crippen LogP contribution < -0.4 is 0 Å². The topological polar surface area (TPSA) is 20.2 Å². The number of rotatable bonds is 7. The van der Waals surface area contributed by atoms with Crippen LogP contribution in [0.3, 0.4) is 0 Å². The summed E-state index contributed by atoms with van der Waals surface area (Å²) >= 11 is 0. The minimum Gasteiger partial charge on any atom is -0.393 e. The summed E-state index contributed by atoms with van der Waals surface area (Å²) in [4.78, 5) is 0. The molecule has 3 aliphatic carbocycles. The van der Waals surface area contributed by atoms with Crippen molar-refractivity contribution >= 4 is 0 Å². The fourth-order valence-electron chi connectivity index (χ4n) is 5.61. The highest BCUT2D eigenvalue weighted by Crippen LogP contribution is 2.63. The largest absolute Gasteiger partial charge is 0.393 e. The molecule has 25 heavy (non-hydrogen) atoms. The zero-order valence-corrected chi connectivity index (χ0v) is 17.0. The summed E-state index contributed by atoms with van der Waals surface area (Å²) < 4.78 is 0. The maximum absolute atomic E-state index is 10.5. The van der Waals surface area contributed by atoms with Gasteiger partial charge in [0, 0.05) is 0 Å². The second-order valence-electron chi connectivity index (χ2n) is 10.00. The third-order valence-corrected chi connectivity index (χ3v) is 7.64. The minimum absolute atomic E-state index is 0.111. The van der Waals surface area contributed by atoms with Gasteiger partial charge in [-0.25, -0.2) is 0 Å². The molecule has 0 amide bonds. The van der Waals surface area contributed by atoms with Gasteiger partial charge in [0.25, 0.3) is 0 Å². The molecule has 0 saturated heterocycles. The lowest BCUT2D eigenvalue weighted by Crippen LogP contribution is -2.57. The number of fused-ring (bicyclic) bond motifs is 2. The second kappa shape index (κ2) is 7.06. The lowest BCUT2D eigenvalue weighted by Gasteiger charge is -2.62. The molecule has 4 atom stereocenters. The molecule has 0 heterocycles. The first kappa shape index (κ1) is 19.0. The van der Waals surface area contributed by atoms with Crippen LogP contribution in [0.1, 0.15) is 96.6 Å². The van der Waals surface area contributed by atoms with E-state index >= 15 is 0 Å². The number of benzene rings is 1. The van der Waals surface area contributed by atoms with Gasteiger partial charge in [-0.05, 0) is 59.0 Å². The molecule has 1 aromatic rings. The van der Waals surface area contributed by atoms with Crippen molar-refractivity contribution in [3.05, 3.63) is 35.4 Å². The smallest absolute Gasteiger partial charge is 0.0579 e. The fraction of sp³-hybridized carbons (Fsp3) is 0.750. The highest BCUT2D eigenvalue weighted by molar-refractivity contribution is 5.32. The van der Waals surface area contributed by atoms with Crippen LogP contribution in [-0.2, 0) is 5.41 Å². The van der Waals surface area contributed by atoms with Gasteiger partial charge in [-0.1, -0.05) is 84.6 Å². The molecule has 1 N–H and O–H groups in total. The molecule has 3 fully saturated rings. The Bertz CT molecular complexity index is 568. The zero-order chi connectivity index (χ0) is 18.2. The summed E-state index contributed by atoms with van der Waals surface area (Å²) in [6, 6.07) is 9.43. The molecule has 3 saturated carbocycles. The molecule has 0 radical (unpaired) electrons. The van der Waals surface area contributed by atoms with E-state index in [0.717, 1.165) is 12.3 Å². The van der Waals surface area contributed by atoms with Crippen LogP contribution >= 0.6 is 0 Å². The highest BCUT2D eigenvalue weighted by atomic mass is 16.3. The lowest BCUT2D eigenvalue weighted by molar-refractivity contribution is -0.152. The second-order valence-corrected chi connectivity index (χ2v) is 10.00. The van der Waals surface area contributed by atoms with Crippen molar-refractivity contribution in [3.8, 4) is 0 Å². The Hall–Kier alpha value is -0.820. The van der Waals surface area contributed by atoms with Gasteiger partial charge in [0.15, 0.2) is 0 Å². The van der Waals surface area contributed by atoms with Gasteiger partial charge in [-0.2, -0.15) is 0 Å². The first-order chi connectivity index (χ1) is 11.8. The van der Waals surface area contributed by atoms with Crippen molar-refractivity contribution in [1.82, 2.24) is 0 Å². The van der Waals surface area contributed by atoms with Gasteiger partial charge in [0.05, 0.1) is 6.10 Å². The number of unbranched alkanes of at least 4 members (excludes halogenated alkanes) is 3. The standard InChI is InChI=1S/C24H38O/c1-6-7-8-9-14-23(2,3)18-12-10-17(11-13-18)19-15-22(25)21-16-20(19)24(21,4)5/h10-13,19-22,25H,6-9,14-16H2,1-5H3. The van der Waals surface area contributed by atoms with E-state index in [9.17, 15) is 5.11 Å². The van der Waals surface area contributed by atoms with Crippen molar-refractivity contribution in [1.29, 1.82) is 0 Å². The summed E-state index contributed by atoms with van der Waals surface area (Å²) in [6.07, 6.45) is 8.68. The molecular formula is C24H38O. The number of hydrogen-bond acceptors (Lipinski definition) is 1. The zero-order valence-electron chi connectivity index (χ0n) is 17.0. The summed E-state index contributed by atoms with van der Waals surface area (Å²) in [5.41, 5.74) is 3.48. The number of aliphatic hydroxyl groups is 1. The summed E-state index contributed by atoms with van der Waals surface area (Å²) in [5.74, 6) is 1.81. The Kier molecular flexibility index (Phi) is 5.36. The molecule has 0 aromatic heterocycles. The molecule has 1 aromatic carbocycles. The van der Waals surface area contributed by atoms with Crippen LogP contribution in [0, 0.1) is 17.3 Å². The molecule has 0 spiro atoms. The van der Waals surface area contributed by atoms with E-state index in [1.807, 2.05) is 0 Å².